The van der Waals surface area contributed by atoms with Crippen molar-refractivity contribution in [2.24, 2.45) is 5.92 Å². The maximum Gasteiger partial charge on any atom is 0.411 e. The Morgan fingerprint density at radius 1 is 1.19 bits per heavy atom. The van der Waals surface area contributed by atoms with Crippen LogP contribution in [0.5, 0.6) is 5.75 Å². The summed E-state index contributed by atoms with van der Waals surface area (Å²) in [5, 5.41) is 12.6. The van der Waals surface area contributed by atoms with Crippen LogP contribution in [0.4, 0.5) is 10.5 Å². The number of hydrogen-bond acceptors (Lipinski definition) is 3. The molecule has 118 valence electrons. The number of rotatable bonds is 6. The fourth-order valence-electron chi connectivity index (χ4n) is 2.58. The molecular weight excluding hydrogens is 266 g/mol. The Bertz CT molecular complexity index is 481. The van der Waals surface area contributed by atoms with Crippen LogP contribution < -0.4 is 5.32 Å². The van der Waals surface area contributed by atoms with Gasteiger partial charge in [0.05, 0.1) is 5.69 Å². The molecule has 0 saturated heterocycles. The predicted molar refractivity (Wildman–Crippen MR) is 85.8 cm³/mol. The monoisotopic (exact) mass is 293 g/mol. The van der Waals surface area contributed by atoms with Gasteiger partial charge in [0.15, 0.2) is 0 Å². The van der Waals surface area contributed by atoms with Crippen LogP contribution in [0.1, 0.15) is 51.2 Å². The molecule has 4 heteroatoms. The topological polar surface area (TPSA) is 58.6 Å². The number of nitrogens with one attached hydrogen (secondary N) is 1. The predicted octanol–water partition coefficient (Wildman–Crippen LogP) is 4.77. The highest BCUT2D eigenvalue weighted by molar-refractivity contribution is 5.86. The molecule has 0 spiro atoms. The molecule has 21 heavy (non-hydrogen) atoms. The number of hydrogen-bond donors (Lipinski definition) is 2. The summed E-state index contributed by atoms with van der Waals surface area (Å²) in [6, 6.07) is 3.56. The second-order valence-electron chi connectivity index (χ2n) is 5.46. The van der Waals surface area contributed by atoms with Crippen molar-refractivity contribution in [2.75, 3.05) is 5.32 Å². The summed E-state index contributed by atoms with van der Waals surface area (Å²) in [5.74, 6) is 0.591. The molecule has 1 rings (SSSR count). The van der Waals surface area contributed by atoms with E-state index in [0.29, 0.717) is 17.2 Å². The van der Waals surface area contributed by atoms with Crippen molar-refractivity contribution >= 4 is 11.8 Å². The molecule has 0 aliphatic heterocycles. The number of carbonyl (C=O) groups is 1. The third kappa shape index (κ3) is 4.38. The second-order valence-corrected chi connectivity index (χ2v) is 5.46. The minimum Gasteiger partial charge on any atom is -0.507 e. The van der Waals surface area contributed by atoms with E-state index in [2.05, 4.69) is 19.2 Å². The number of phenolic OH excluding ortho intramolecular Hbond substituents is 1. The van der Waals surface area contributed by atoms with E-state index in [1.54, 1.807) is 19.1 Å². The highest BCUT2D eigenvalue weighted by Crippen LogP contribution is 2.28. The smallest absolute Gasteiger partial charge is 0.411 e. The normalized spacial score (nSPS) is 12.3. The Morgan fingerprint density at radius 3 is 2.33 bits per heavy atom. The molecule has 0 fully saturated rings. The largest absolute Gasteiger partial charge is 0.507 e. The van der Waals surface area contributed by atoms with Crippen LogP contribution in [0.2, 0.25) is 0 Å². The summed E-state index contributed by atoms with van der Waals surface area (Å²) >= 11 is 0. The van der Waals surface area contributed by atoms with Crippen molar-refractivity contribution < 1.29 is 14.6 Å². The van der Waals surface area contributed by atoms with Gasteiger partial charge in [-0.05, 0) is 50.7 Å². The van der Waals surface area contributed by atoms with E-state index < -0.39 is 6.09 Å². The summed E-state index contributed by atoms with van der Waals surface area (Å²) in [6.45, 7) is 9.85. The number of phenols is 1. The number of anilines is 1. The lowest BCUT2D eigenvalue weighted by Gasteiger charge is -2.24. The van der Waals surface area contributed by atoms with Crippen LogP contribution in [0.25, 0.3) is 0 Å². The first-order valence-corrected chi connectivity index (χ1v) is 7.71. The quantitative estimate of drug-likeness (QED) is 0.794. The van der Waals surface area contributed by atoms with Crippen molar-refractivity contribution in [3.8, 4) is 5.75 Å². The fraction of sp³-hybridized carbons (Fsp3) is 0.588. The lowest BCUT2D eigenvalue weighted by molar-refractivity contribution is 0.0659. The number of benzene rings is 1. The van der Waals surface area contributed by atoms with Crippen LogP contribution in [0.3, 0.4) is 0 Å². The fourth-order valence-corrected chi connectivity index (χ4v) is 2.58. The lowest BCUT2D eigenvalue weighted by Crippen LogP contribution is -2.28. The van der Waals surface area contributed by atoms with Crippen LogP contribution >= 0.6 is 0 Å². The van der Waals surface area contributed by atoms with E-state index in [0.717, 1.165) is 24.8 Å². The van der Waals surface area contributed by atoms with Gasteiger partial charge < -0.3 is 9.84 Å². The minimum atomic E-state index is -0.458. The number of carbonyl (C=O) groups excluding carboxylic acids is 1. The zero-order valence-corrected chi connectivity index (χ0v) is 13.7. The Balaban J connectivity index is 2.75. The van der Waals surface area contributed by atoms with Crippen molar-refractivity contribution in [2.45, 2.75) is 60.0 Å². The van der Waals surface area contributed by atoms with Gasteiger partial charge in [-0.2, -0.15) is 0 Å². The number of amides is 1. The summed E-state index contributed by atoms with van der Waals surface area (Å²) in [6.07, 6.45) is 2.26. The van der Waals surface area contributed by atoms with Crippen molar-refractivity contribution in [3.63, 3.8) is 0 Å². The highest BCUT2D eigenvalue weighted by Gasteiger charge is 2.21. The average molecular weight is 293 g/mol. The molecule has 0 aromatic heterocycles. The van der Waals surface area contributed by atoms with Crippen LogP contribution in [0, 0.1) is 19.8 Å². The summed E-state index contributed by atoms with van der Waals surface area (Å²) in [7, 11) is 0. The van der Waals surface area contributed by atoms with Gasteiger partial charge >= 0.3 is 6.09 Å². The Kier molecular flexibility index (Phi) is 6.53. The van der Waals surface area contributed by atoms with E-state index >= 15 is 0 Å². The van der Waals surface area contributed by atoms with Crippen LogP contribution in [0.15, 0.2) is 12.1 Å². The van der Waals surface area contributed by atoms with E-state index in [1.165, 1.54) is 0 Å². The van der Waals surface area contributed by atoms with Gasteiger partial charge in [0.2, 0.25) is 0 Å². The zero-order chi connectivity index (χ0) is 16.0. The molecule has 0 bridgehead atoms. The summed E-state index contributed by atoms with van der Waals surface area (Å²) in [4.78, 5) is 12.1. The van der Waals surface area contributed by atoms with Crippen LogP contribution in [-0.2, 0) is 4.74 Å². The van der Waals surface area contributed by atoms with E-state index in [4.69, 9.17) is 4.74 Å². The second kappa shape index (κ2) is 7.91. The third-order valence-electron chi connectivity index (χ3n) is 4.10. The molecule has 2 N–H and O–H groups in total. The maximum absolute atomic E-state index is 12.1. The molecule has 1 aromatic rings. The number of aromatic hydroxyl groups is 1. The van der Waals surface area contributed by atoms with Gasteiger partial charge in [0.1, 0.15) is 11.9 Å². The summed E-state index contributed by atoms with van der Waals surface area (Å²) < 4.78 is 5.54. The Hall–Kier alpha value is -1.71. The number of ether oxygens (including phenoxy) is 1. The average Bonchev–Trinajstić information content (AvgIpc) is 2.48. The molecule has 1 amide bonds. The maximum atomic E-state index is 12.1. The molecule has 0 saturated carbocycles. The molecule has 1 aromatic carbocycles. The van der Waals surface area contributed by atoms with Gasteiger partial charge in [-0.25, -0.2) is 4.79 Å². The molecule has 1 atom stereocenters. The van der Waals surface area contributed by atoms with E-state index in [9.17, 15) is 9.90 Å². The van der Waals surface area contributed by atoms with Gasteiger partial charge in [0.25, 0.3) is 0 Å². The van der Waals surface area contributed by atoms with Gasteiger partial charge in [-0.1, -0.05) is 26.8 Å². The van der Waals surface area contributed by atoms with Crippen molar-refractivity contribution in [1.82, 2.24) is 0 Å². The molecular formula is C17H27NO3. The van der Waals surface area contributed by atoms with Crippen molar-refractivity contribution in [1.29, 1.82) is 0 Å². The number of aryl methyl sites for hydroxylation is 1. The minimum absolute atomic E-state index is 0.0700. The van der Waals surface area contributed by atoms with E-state index in [1.807, 2.05) is 13.8 Å². The zero-order valence-electron chi connectivity index (χ0n) is 13.7. The van der Waals surface area contributed by atoms with Gasteiger partial charge in [-0.3, -0.25) is 5.32 Å². The lowest BCUT2D eigenvalue weighted by atomic mass is 9.95. The van der Waals surface area contributed by atoms with Crippen molar-refractivity contribution in [3.05, 3.63) is 23.3 Å². The molecule has 0 aliphatic rings. The first-order chi connectivity index (χ1) is 9.94. The van der Waals surface area contributed by atoms with Gasteiger partial charge in [-0.15, -0.1) is 0 Å². The first-order valence-electron chi connectivity index (χ1n) is 7.71. The third-order valence-corrected chi connectivity index (χ3v) is 4.10. The van der Waals surface area contributed by atoms with Crippen LogP contribution in [-0.4, -0.2) is 17.3 Å². The molecule has 0 heterocycles. The molecule has 4 nitrogen and oxygen atoms in total. The molecule has 1 unspecified atom stereocenters. The summed E-state index contributed by atoms with van der Waals surface area (Å²) in [5.41, 5.74) is 2.03. The molecule has 0 radical (unpaired) electrons. The SMILES string of the molecule is CCC(CC)C(CC)OC(=O)Nc1ccc(C)c(O)c1C. The highest BCUT2D eigenvalue weighted by atomic mass is 16.6. The first kappa shape index (κ1) is 17.3. The van der Waals surface area contributed by atoms with Gasteiger partial charge in [0, 0.05) is 5.56 Å². The standard InChI is InChI=1S/C17H27NO3/c1-6-13(7-2)15(8-3)21-17(20)18-14-10-9-11(4)16(19)12(14)5/h9-10,13,15,19H,6-8H2,1-5H3,(H,18,20). The Labute approximate surface area is 127 Å². The van der Waals surface area contributed by atoms with E-state index in [-0.39, 0.29) is 11.9 Å². The Morgan fingerprint density at radius 2 is 1.81 bits per heavy atom. The molecule has 0 aliphatic carbocycles.